The minimum atomic E-state index is 0.392. The van der Waals surface area contributed by atoms with Gasteiger partial charge in [0.25, 0.3) is 0 Å². The van der Waals surface area contributed by atoms with Crippen LogP contribution in [-0.2, 0) is 4.74 Å². The average molecular weight is 113 g/mol. The number of aliphatic imine (C=N–C) groups is 1. The predicted octanol–water partition coefficient (Wildman–Crippen LogP) is 0.722. The van der Waals surface area contributed by atoms with E-state index in [1.165, 1.54) is 0 Å². The van der Waals surface area contributed by atoms with Gasteiger partial charge < -0.3 is 4.74 Å². The third-order valence-electron chi connectivity index (χ3n) is 1.63. The first-order chi connectivity index (χ1) is 3.84. The minimum absolute atomic E-state index is 0.392. The maximum atomic E-state index is 4.97. The van der Waals surface area contributed by atoms with Crippen molar-refractivity contribution in [1.29, 1.82) is 0 Å². The molecule has 1 atom stereocenters. The number of hydrogen-bond donors (Lipinski definition) is 0. The third-order valence-corrected chi connectivity index (χ3v) is 1.63. The molecular weight excluding hydrogens is 102 g/mol. The van der Waals surface area contributed by atoms with Gasteiger partial charge in [-0.15, -0.1) is 0 Å². The second-order valence-electron chi connectivity index (χ2n) is 2.22. The van der Waals surface area contributed by atoms with Crippen molar-refractivity contribution in [1.82, 2.24) is 0 Å². The quantitative estimate of drug-likeness (QED) is 0.483. The van der Waals surface area contributed by atoms with Crippen molar-refractivity contribution in [3.63, 3.8) is 0 Å². The molecule has 0 saturated carbocycles. The fraction of sp³-hybridized carbons (Fsp3) is 0.833. The number of ether oxygens (including phenoxy) is 1. The Bertz CT molecular complexity index is 88.5. The first kappa shape index (κ1) is 5.76. The molecule has 0 radical (unpaired) electrons. The monoisotopic (exact) mass is 113 g/mol. The number of rotatable bonds is 2. The van der Waals surface area contributed by atoms with Crippen molar-refractivity contribution in [2.45, 2.75) is 13.0 Å². The Labute approximate surface area is 49.6 Å². The molecule has 0 aromatic rings. The summed E-state index contributed by atoms with van der Waals surface area (Å²) in [5.41, 5.74) is 0. The highest BCUT2D eigenvalue weighted by atomic mass is 16.5. The van der Waals surface area contributed by atoms with Crippen LogP contribution in [0.3, 0.4) is 0 Å². The molecule has 0 aromatic heterocycles. The topological polar surface area (TPSA) is 21.6 Å². The van der Waals surface area contributed by atoms with Crippen molar-refractivity contribution in [2.24, 2.45) is 10.9 Å². The van der Waals surface area contributed by atoms with Crippen LogP contribution in [-0.4, -0.2) is 26.0 Å². The Morgan fingerprint density at radius 1 is 1.75 bits per heavy atom. The summed E-state index contributed by atoms with van der Waals surface area (Å²) in [5.74, 6) is 0.646. The van der Waals surface area contributed by atoms with E-state index >= 15 is 0 Å². The Kier molecular flexibility index (Phi) is 1.63. The molecule has 8 heavy (non-hydrogen) atoms. The lowest BCUT2D eigenvalue weighted by atomic mass is 10.0. The van der Waals surface area contributed by atoms with Crippen LogP contribution in [0.25, 0.3) is 0 Å². The lowest BCUT2D eigenvalue weighted by Gasteiger charge is -2.28. The first-order valence-corrected chi connectivity index (χ1v) is 2.88. The molecule has 2 nitrogen and oxygen atoms in total. The molecule has 1 rings (SSSR count). The summed E-state index contributed by atoms with van der Waals surface area (Å²) in [5, 5.41) is 0. The zero-order chi connectivity index (χ0) is 5.98. The fourth-order valence-corrected chi connectivity index (χ4v) is 0.682. The summed E-state index contributed by atoms with van der Waals surface area (Å²) in [6.07, 6.45) is 0. The molecule has 0 aliphatic carbocycles. The molecule has 1 fully saturated rings. The summed E-state index contributed by atoms with van der Waals surface area (Å²) in [4.78, 5) is 3.88. The number of nitrogens with zero attached hydrogens (tertiary/aromatic N) is 1. The largest absolute Gasteiger partial charge is 0.381 e. The van der Waals surface area contributed by atoms with Crippen molar-refractivity contribution < 1.29 is 4.74 Å². The molecule has 0 N–H and O–H groups in total. The van der Waals surface area contributed by atoms with E-state index < -0.39 is 0 Å². The molecule has 1 heterocycles. The van der Waals surface area contributed by atoms with Gasteiger partial charge in [0.15, 0.2) is 0 Å². The standard InChI is InChI=1S/C6H11NO/c1-5(7-2)6-3-8-4-6/h5-6H,2-4H2,1H3. The summed E-state index contributed by atoms with van der Waals surface area (Å²) in [7, 11) is 0. The average Bonchev–Trinajstić information content (AvgIpc) is 1.62. The van der Waals surface area contributed by atoms with Gasteiger partial charge in [-0.3, -0.25) is 4.99 Å². The van der Waals surface area contributed by atoms with Crippen LogP contribution in [0, 0.1) is 5.92 Å². The summed E-state index contributed by atoms with van der Waals surface area (Å²) in [6, 6.07) is 0.392. The van der Waals surface area contributed by atoms with Crippen LogP contribution < -0.4 is 0 Å². The van der Waals surface area contributed by atoms with E-state index in [0.29, 0.717) is 12.0 Å². The van der Waals surface area contributed by atoms with E-state index in [4.69, 9.17) is 4.74 Å². The van der Waals surface area contributed by atoms with Crippen LogP contribution in [0.1, 0.15) is 6.92 Å². The van der Waals surface area contributed by atoms with Crippen molar-refractivity contribution in [3.8, 4) is 0 Å². The van der Waals surface area contributed by atoms with Crippen molar-refractivity contribution in [3.05, 3.63) is 0 Å². The molecule has 2 heteroatoms. The predicted molar refractivity (Wildman–Crippen MR) is 33.3 cm³/mol. The van der Waals surface area contributed by atoms with Crippen LogP contribution in [0.5, 0.6) is 0 Å². The Morgan fingerprint density at radius 3 is 2.50 bits per heavy atom. The summed E-state index contributed by atoms with van der Waals surface area (Å²) >= 11 is 0. The highest BCUT2D eigenvalue weighted by molar-refractivity contribution is 5.24. The van der Waals surface area contributed by atoms with Crippen LogP contribution >= 0.6 is 0 Å². The molecule has 46 valence electrons. The second kappa shape index (κ2) is 2.27. The van der Waals surface area contributed by atoms with Gasteiger partial charge in [-0.1, -0.05) is 0 Å². The molecule has 0 amide bonds. The maximum absolute atomic E-state index is 4.97. The molecule has 0 bridgehead atoms. The highest BCUT2D eigenvalue weighted by Gasteiger charge is 2.23. The van der Waals surface area contributed by atoms with Gasteiger partial charge in [0, 0.05) is 5.92 Å². The van der Waals surface area contributed by atoms with Crippen LogP contribution in [0.2, 0.25) is 0 Å². The molecule has 0 spiro atoms. The molecule has 0 aromatic carbocycles. The SMILES string of the molecule is C=NC(C)C1COC1. The van der Waals surface area contributed by atoms with E-state index in [1.807, 2.05) is 0 Å². The smallest absolute Gasteiger partial charge is 0.0536 e. The van der Waals surface area contributed by atoms with Gasteiger partial charge in [0.1, 0.15) is 0 Å². The van der Waals surface area contributed by atoms with Gasteiger partial charge in [0.05, 0.1) is 19.3 Å². The molecule has 1 aliphatic heterocycles. The highest BCUT2D eigenvalue weighted by Crippen LogP contribution is 2.15. The molecular formula is C6H11NO. The van der Waals surface area contributed by atoms with E-state index in [2.05, 4.69) is 18.6 Å². The summed E-state index contributed by atoms with van der Waals surface area (Å²) < 4.78 is 4.97. The maximum Gasteiger partial charge on any atom is 0.0536 e. The zero-order valence-electron chi connectivity index (χ0n) is 5.13. The van der Waals surface area contributed by atoms with Gasteiger partial charge in [-0.25, -0.2) is 0 Å². The van der Waals surface area contributed by atoms with Gasteiger partial charge >= 0.3 is 0 Å². The van der Waals surface area contributed by atoms with Gasteiger partial charge in [0.2, 0.25) is 0 Å². The minimum Gasteiger partial charge on any atom is -0.381 e. The Hall–Kier alpha value is -0.370. The van der Waals surface area contributed by atoms with Crippen molar-refractivity contribution >= 4 is 6.72 Å². The molecule has 1 saturated heterocycles. The Morgan fingerprint density at radius 2 is 2.38 bits per heavy atom. The first-order valence-electron chi connectivity index (χ1n) is 2.88. The third kappa shape index (κ3) is 0.892. The van der Waals surface area contributed by atoms with Gasteiger partial charge in [-0.2, -0.15) is 0 Å². The molecule has 1 unspecified atom stereocenters. The van der Waals surface area contributed by atoms with E-state index in [-0.39, 0.29) is 0 Å². The second-order valence-corrected chi connectivity index (χ2v) is 2.22. The molecule has 1 aliphatic rings. The summed E-state index contributed by atoms with van der Waals surface area (Å²) in [6.45, 7) is 7.28. The lowest BCUT2D eigenvalue weighted by Crippen LogP contribution is -2.35. The Balaban J connectivity index is 2.22. The van der Waals surface area contributed by atoms with Crippen LogP contribution in [0.4, 0.5) is 0 Å². The zero-order valence-corrected chi connectivity index (χ0v) is 5.13. The number of hydrogen-bond acceptors (Lipinski definition) is 2. The lowest BCUT2D eigenvalue weighted by molar-refractivity contribution is -0.0403. The van der Waals surface area contributed by atoms with E-state index in [1.54, 1.807) is 0 Å². The fourth-order valence-electron chi connectivity index (χ4n) is 0.682. The van der Waals surface area contributed by atoms with Crippen molar-refractivity contribution in [2.75, 3.05) is 13.2 Å². The van der Waals surface area contributed by atoms with E-state index in [9.17, 15) is 0 Å². The van der Waals surface area contributed by atoms with Gasteiger partial charge in [-0.05, 0) is 13.6 Å². The van der Waals surface area contributed by atoms with Crippen LogP contribution in [0.15, 0.2) is 4.99 Å². The van der Waals surface area contributed by atoms with E-state index in [0.717, 1.165) is 13.2 Å². The normalized spacial score (nSPS) is 24.1.